The van der Waals surface area contributed by atoms with Crippen LogP contribution in [0.4, 0.5) is 0 Å². The van der Waals surface area contributed by atoms with Crippen LogP contribution >= 0.6 is 15.9 Å². The molecule has 0 aromatic heterocycles. The van der Waals surface area contributed by atoms with E-state index in [1.54, 1.807) is 0 Å². The molecule has 0 saturated heterocycles. The predicted molar refractivity (Wildman–Crippen MR) is 86.7 cm³/mol. The van der Waals surface area contributed by atoms with Crippen LogP contribution in [-0.4, -0.2) is 41.6 Å². The van der Waals surface area contributed by atoms with Crippen LogP contribution in [-0.2, 0) is 0 Å². The maximum Gasteiger partial charge on any atom is 0.133 e. The second-order valence-corrected chi connectivity index (χ2v) is 6.78. The summed E-state index contributed by atoms with van der Waals surface area (Å²) < 4.78 is 6.53. The molecule has 2 rings (SSSR count). The first-order valence-electron chi connectivity index (χ1n) is 7.47. The van der Waals surface area contributed by atoms with Gasteiger partial charge in [0.2, 0.25) is 0 Å². The highest BCUT2D eigenvalue weighted by Crippen LogP contribution is 2.29. The third-order valence-electron chi connectivity index (χ3n) is 4.09. The van der Waals surface area contributed by atoms with Crippen LogP contribution in [0.1, 0.15) is 31.2 Å². The van der Waals surface area contributed by atoms with Gasteiger partial charge in [-0.3, -0.25) is 0 Å². The van der Waals surface area contributed by atoms with E-state index >= 15 is 0 Å². The van der Waals surface area contributed by atoms with Crippen molar-refractivity contribution in [1.82, 2.24) is 5.32 Å². The lowest BCUT2D eigenvalue weighted by atomic mass is 9.99. The zero-order chi connectivity index (χ0) is 15.3. The lowest BCUT2D eigenvalue weighted by Gasteiger charge is -2.29. The molecule has 0 bridgehead atoms. The molecule has 4 nitrogen and oxygen atoms in total. The number of hydrogen-bond donors (Lipinski definition) is 3. The van der Waals surface area contributed by atoms with Gasteiger partial charge in [-0.25, -0.2) is 0 Å². The highest BCUT2D eigenvalue weighted by Gasteiger charge is 2.32. The number of hydrogen-bond acceptors (Lipinski definition) is 4. The summed E-state index contributed by atoms with van der Waals surface area (Å²) >= 11 is 3.45. The molecule has 5 heteroatoms. The molecule has 1 aliphatic carbocycles. The summed E-state index contributed by atoms with van der Waals surface area (Å²) in [5, 5.41) is 22.9. The topological polar surface area (TPSA) is 61.7 Å². The van der Waals surface area contributed by atoms with Crippen molar-refractivity contribution >= 4 is 15.9 Å². The lowest BCUT2D eigenvalue weighted by Crippen LogP contribution is -2.49. The minimum Gasteiger partial charge on any atom is -0.490 e. The average Bonchev–Trinajstić information content (AvgIpc) is 2.94. The molecule has 0 spiro atoms. The van der Waals surface area contributed by atoms with Gasteiger partial charge in [0.15, 0.2) is 0 Å². The number of rotatable bonds is 7. The number of β-amino-alcohol motifs (C(OH)–C–C–N with tert-alkyl or cyclic N) is 1. The monoisotopic (exact) mass is 357 g/mol. The second kappa shape index (κ2) is 7.58. The van der Waals surface area contributed by atoms with Crippen molar-refractivity contribution in [3.8, 4) is 5.75 Å². The van der Waals surface area contributed by atoms with Gasteiger partial charge in [0, 0.05) is 12.1 Å². The summed E-state index contributed by atoms with van der Waals surface area (Å²) in [6.45, 7) is 2.81. The molecule has 1 aliphatic rings. The molecule has 3 N–H and O–H groups in total. The Morgan fingerprint density at radius 1 is 1.38 bits per heavy atom. The van der Waals surface area contributed by atoms with E-state index in [0.717, 1.165) is 41.5 Å². The van der Waals surface area contributed by atoms with Crippen molar-refractivity contribution < 1.29 is 14.9 Å². The molecule has 0 heterocycles. The molecule has 1 unspecified atom stereocenters. The van der Waals surface area contributed by atoms with Gasteiger partial charge >= 0.3 is 0 Å². The highest BCUT2D eigenvalue weighted by molar-refractivity contribution is 9.10. The average molecular weight is 358 g/mol. The summed E-state index contributed by atoms with van der Waals surface area (Å²) in [6.07, 6.45) is 3.62. The minimum absolute atomic E-state index is 0.129. The van der Waals surface area contributed by atoms with Crippen molar-refractivity contribution in [3.05, 3.63) is 28.2 Å². The lowest BCUT2D eigenvalue weighted by molar-refractivity contribution is 0.0847. The van der Waals surface area contributed by atoms with Crippen LogP contribution in [0.3, 0.4) is 0 Å². The van der Waals surface area contributed by atoms with Crippen molar-refractivity contribution in [2.24, 2.45) is 0 Å². The number of aliphatic hydroxyl groups is 2. The quantitative estimate of drug-likeness (QED) is 0.701. The van der Waals surface area contributed by atoms with Gasteiger partial charge in [-0.05, 0) is 53.4 Å². The Balaban J connectivity index is 1.78. The Morgan fingerprint density at radius 2 is 2.10 bits per heavy atom. The first-order chi connectivity index (χ1) is 10.0. The summed E-state index contributed by atoms with van der Waals surface area (Å²) in [5.41, 5.74) is 0.952. The van der Waals surface area contributed by atoms with Gasteiger partial charge < -0.3 is 20.3 Å². The summed E-state index contributed by atoms with van der Waals surface area (Å²) in [7, 11) is 0. The number of aliphatic hydroxyl groups excluding tert-OH is 2. The molecule has 0 aliphatic heterocycles. The minimum atomic E-state index is -0.595. The number of nitrogens with one attached hydrogen (secondary N) is 1. The molecule has 1 fully saturated rings. The van der Waals surface area contributed by atoms with E-state index in [0.29, 0.717) is 6.54 Å². The smallest absolute Gasteiger partial charge is 0.133 e. The Bertz CT molecular complexity index is 461. The van der Waals surface area contributed by atoms with Gasteiger partial charge in [0.1, 0.15) is 18.5 Å². The van der Waals surface area contributed by atoms with Crippen LogP contribution in [0.5, 0.6) is 5.75 Å². The van der Waals surface area contributed by atoms with Crippen LogP contribution < -0.4 is 10.1 Å². The van der Waals surface area contributed by atoms with E-state index in [4.69, 9.17) is 4.74 Å². The molecule has 0 radical (unpaired) electrons. The van der Waals surface area contributed by atoms with E-state index in [9.17, 15) is 10.2 Å². The first-order valence-corrected chi connectivity index (χ1v) is 8.27. The molecule has 0 amide bonds. The van der Waals surface area contributed by atoms with E-state index in [1.807, 2.05) is 25.1 Å². The number of ether oxygens (including phenoxy) is 1. The standard InChI is InChI=1S/C16H24BrNO3/c1-12-4-5-15(14(17)8-12)21-10-13(20)9-18-16(11-19)6-2-3-7-16/h4-5,8,13,18-20H,2-3,6-7,9-11H2,1H3. The fourth-order valence-electron chi connectivity index (χ4n) is 2.74. The zero-order valence-corrected chi connectivity index (χ0v) is 14.0. The molecule has 1 atom stereocenters. The van der Waals surface area contributed by atoms with Crippen LogP contribution in [0, 0.1) is 6.92 Å². The first kappa shape index (κ1) is 16.7. The van der Waals surface area contributed by atoms with Crippen LogP contribution in [0.15, 0.2) is 22.7 Å². The number of halogens is 1. The maximum atomic E-state index is 10.0. The third-order valence-corrected chi connectivity index (χ3v) is 4.71. The summed E-state index contributed by atoms with van der Waals surface area (Å²) in [6, 6.07) is 5.86. The van der Waals surface area contributed by atoms with Gasteiger partial charge in [-0.2, -0.15) is 0 Å². The highest BCUT2D eigenvalue weighted by atomic mass is 79.9. The van der Waals surface area contributed by atoms with E-state index < -0.39 is 6.10 Å². The second-order valence-electron chi connectivity index (χ2n) is 5.93. The molecular weight excluding hydrogens is 334 g/mol. The number of aryl methyl sites for hydroxylation is 1. The van der Waals surface area contributed by atoms with Crippen molar-refractivity contribution in [3.63, 3.8) is 0 Å². The Morgan fingerprint density at radius 3 is 2.71 bits per heavy atom. The van der Waals surface area contributed by atoms with Crippen LogP contribution in [0.2, 0.25) is 0 Å². The fourth-order valence-corrected chi connectivity index (χ4v) is 3.35. The fraction of sp³-hybridized carbons (Fsp3) is 0.625. The molecule has 1 aromatic rings. The molecule has 118 valence electrons. The zero-order valence-electron chi connectivity index (χ0n) is 12.4. The molecule has 1 aromatic carbocycles. The largest absolute Gasteiger partial charge is 0.490 e. The van der Waals surface area contributed by atoms with E-state index in [2.05, 4.69) is 21.2 Å². The normalized spacial score (nSPS) is 18.7. The van der Waals surface area contributed by atoms with Gasteiger partial charge in [0.05, 0.1) is 11.1 Å². The van der Waals surface area contributed by atoms with Gasteiger partial charge in [0.25, 0.3) is 0 Å². The van der Waals surface area contributed by atoms with Crippen molar-refractivity contribution in [2.75, 3.05) is 19.8 Å². The molecular formula is C16H24BrNO3. The summed E-state index contributed by atoms with van der Waals surface area (Å²) in [4.78, 5) is 0. The Labute approximate surface area is 134 Å². The Hall–Kier alpha value is -0.620. The SMILES string of the molecule is Cc1ccc(OCC(O)CNC2(CO)CCCC2)c(Br)c1. The third kappa shape index (κ3) is 4.68. The van der Waals surface area contributed by atoms with Gasteiger partial charge in [-0.1, -0.05) is 18.9 Å². The Kier molecular flexibility index (Phi) is 6.05. The maximum absolute atomic E-state index is 10.0. The van der Waals surface area contributed by atoms with Crippen LogP contribution in [0.25, 0.3) is 0 Å². The number of benzene rings is 1. The van der Waals surface area contributed by atoms with Crippen molar-refractivity contribution in [2.45, 2.75) is 44.2 Å². The predicted octanol–water partition coefficient (Wildman–Crippen LogP) is 2.39. The summed E-state index contributed by atoms with van der Waals surface area (Å²) in [5.74, 6) is 0.734. The molecule has 1 saturated carbocycles. The van der Waals surface area contributed by atoms with E-state index in [1.165, 1.54) is 0 Å². The molecule has 21 heavy (non-hydrogen) atoms. The van der Waals surface area contributed by atoms with Gasteiger partial charge in [-0.15, -0.1) is 0 Å². The van der Waals surface area contributed by atoms with Crippen molar-refractivity contribution in [1.29, 1.82) is 0 Å². The van der Waals surface area contributed by atoms with E-state index in [-0.39, 0.29) is 18.8 Å².